The molecule has 722 valence electrons. The predicted molar refractivity (Wildman–Crippen MR) is 504 cm³/mol. The van der Waals surface area contributed by atoms with Gasteiger partial charge in [0.25, 0.3) is 0 Å². The summed E-state index contributed by atoms with van der Waals surface area (Å²) in [7, 11) is -3.45. The number of fused-ring (bicyclic) bond motifs is 2. The Morgan fingerprint density at radius 1 is 0.442 bits per heavy atom. The van der Waals surface area contributed by atoms with E-state index in [1.165, 1.54) is 67.0 Å². The first kappa shape index (κ1) is 106. The highest BCUT2D eigenvalue weighted by Crippen LogP contribution is 2.40. The molecule has 13 aromatic rings. The fraction of sp³-hybridized carbons (Fsp3) is 0.253. The van der Waals surface area contributed by atoms with Crippen LogP contribution in [-0.4, -0.2) is 143 Å². The highest BCUT2D eigenvalue weighted by Gasteiger charge is 2.52. The molecule has 3 saturated heterocycles. The number of halogens is 14. The molecule has 22 nitrogen and oxygen atoms in total. The van der Waals surface area contributed by atoms with Gasteiger partial charge < -0.3 is 72.7 Å². The number of benzene rings is 10. The van der Waals surface area contributed by atoms with Crippen LogP contribution in [0.3, 0.4) is 0 Å². The largest absolute Gasteiger partial charge is 0.503 e. The van der Waals surface area contributed by atoms with E-state index in [1.807, 2.05) is 69.2 Å². The first-order valence-corrected chi connectivity index (χ1v) is 44.5. The lowest BCUT2D eigenvalue weighted by Gasteiger charge is -2.34. The van der Waals surface area contributed by atoms with Crippen LogP contribution in [0.4, 0.5) is 62.3 Å². The molecule has 0 aliphatic carbocycles. The average molecular weight is 2040 g/mol. The molecule has 2 amide bonds. The number of phenols is 1. The van der Waals surface area contributed by atoms with Gasteiger partial charge >= 0.3 is 33.5 Å². The zero-order valence-electron chi connectivity index (χ0n) is 76.0. The van der Waals surface area contributed by atoms with E-state index in [9.17, 15) is 57.9 Å². The lowest BCUT2D eigenvalue weighted by molar-refractivity contribution is 0.00578. The smallest absolute Gasteiger partial charge is 0.494 e. The number of rotatable bonds is 14. The lowest BCUT2D eigenvalue weighted by Crippen LogP contribution is -2.44. The highest BCUT2D eigenvalue weighted by atomic mass is 79.9. The van der Waals surface area contributed by atoms with E-state index in [-0.39, 0.29) is 46.5 Å². The van der Waals surface area contributed by atoms with Gasteiger partial charge in [0.1, 0.15) is 34.2 Å². The van der Waals surface area contributed by atoms with Crippen molar-refractivity contribution in [1.82, 2.24) is 29.5 Å². The molecule has 4 aliphatic heterocycles. The van der Waals surface area contributed by atoms with Crippen LogP contribution in [-0.2, 0) is 25.3 Å². The second-order valence-electron chi connectivity index (χ2n) is 34.4. The number of aliphatic imine (C=N–C) groups is 1. The number of nitrogens with zero attached hydrogens (tertiary/aromatic N) is 7. The number of hydrogen-bond acceptors (Lipinski definition) is 19. The Labute approximate surface area is 805 Å². The SMILES string of the molecule is CC(C)(C)OC(=O)N1CCCC(C2=NCc3cncc(F)c32)C1.CC(C)(C)OC(=O)N1CCCC(c2nn(-c3ccc(Oc4c(F)cccc4F)cc3)c3cncc(F)c23)C1.CC1(C)OB(c2ccc(Oc3c(F)cccc3F)cc2)OC1(C)C.Fc1cccc(F)c1Oc1ccc(Br)cc1.OB(O)c1ccc(Br)cc1.OB(O)c1ccc(Oc2c(F)cccc2F)cc1.Oc1c(F)cccc1F. The molecule has 7 heterocycles. The third kappa shape index (κ3) is 28.7. The number of aromatic hydroxyl groups is 1. The number of phenolic OH excluding ortho intramolecular Hbond substituents is 1. The van der Waals surface area contributed by atoms with E-state index < -0.39 is 137 Å². The quantitative estimate of drug-likeness (QED) is 0.0500. The molecule has 3 fully saturated rings. The summed E-state index contributed by atoms with van der Waals surface area (Å²) in [6.07, 6.45) is 8.08. The normalized spacial score (nSPS) is 15.0. The Morgan fingerprint density at radius 2 is 0.783 bits per heavy atom. The van der Waals surface area contributed by atoms with E-state index in [0.717, 1.165) is 118 Å². The van der Waals surface area contributed by atoms with E-state index in [2.05, 4.69) is 46.8 Å². The van der Waals surface area contributed by atoms with Gasteiger partial charge in [0.15, 0.2) is 98.6 Å². The molecule has 138 heavy (non-hydrogen) atoms. The molecule has 0 bridgehead atoms. The van der Waals surface area contributed by atoms with Crippen molar-refractivity contribution in [1.29, 1.82) is 0 Å². The second-order valence-corrected chi connectivity index (χ2v) is 36.2. The molecule has 17 rings (SSSR count). The maximum atomic E-state index is 15.1. The van der Waals surface area contributed by atoms with E-state index in [4.69, 9.17) is 68.0 Å². The van der Waals surface area contributed by atoms with Crippen molar-refractivity contribution in [2.45, 2.75) is 130 Å². The molecule has 10 aromatic carbocycles. The van der Waals surface area contributed by atoms with Crippen LogP contribution >= 0.6 is 31.9 Å². The number of aromatic nitrogens is 4. The Kier molecular flexibility index (Phi) is 36.1. The van der Waals surface area contributed by atoms with E-state index in [0.29, 0.717) is 77.5 Å². The van der Waals surface area contributed by atoms with Gasteiger partial charge in [0.2, 0.25) is 0 Å². The summed E-state index contributed by atoms with van der Waals surface area (Å²) >= 11 is 6.49. The molecular weight excluding hydrogens is 1950 g/mol. The van der Waals surface area contributed by atoms with Gasteiger partial charge in [0.05, 0.1) is 64.3 Å². The Balaban J connectivity index is 0.000000162. The van der Waals surface area contributed by atoms with Crippen LogP contribution in [0, 0.1) is 75.7 Å². The summed E-state index contributed by atoms with van der Waals surface area (Å²) in [5.74, 6) is -10.6. The highest BCUT2D eigenvalue weighted by molar-refractivity contribution is 9.10. The maximum Gasteiger partial charge on any atom is 0.494 e. The minimum Gasteiger partial charge on any atom is -0.503 e. The van der Waals surface area contributed by atoms with Crippen molar-refractivity contribution in [3.8, 4) is 57.4 Å². The Bertz CT molecular complexity index is 6260. The van der Waals surface area contributed by atoms with Crippen LogP contribution < -0.4 is 35.3 Å². The topological polar surface area (TPSA) is 272 Å². The van der Waals surface area contributed by atoms with E-state index >= 15 is 4.39 Å². The number of carbonyl (C=O) groups excluding carboxylic acids is 2. The predicted octanol–water partition coefficient (Wildman–Crippen LogP) is 21.7. The summed E-state index contributed by atoms with van der Waals surface area (Å²) in [6, 6.07) is 49.5. The third-order valence-corrected chi connectivity index (χ3v) is 22.3. The van der Waals surface area contributed by atoms with Crippen molar-refractivity contribution in [3.63, 3.8) is 0 Å². The van der Waals surface area contributed by atoms with Gasteiger partial charge in [-0.3, -0.25) is 15.0 Å². The number of pyridine rings is 2. The molecule has 2 atom stereocenters. The molecule has 0 saturated carbocycles. The number of para-hydroxylation sites is 5. The van der Waals surface area contributed by atoms with Crippen LogP contribution in [0.1, 0.15) is 118 Å². The summed E-state index contributed by atoms with van der Waals surface area (Å²) in [6.45, 7) is 21.5. The summed E-state index contributed by atoms with van der Waals surface area (Å²) < 4.78 is 209. The molecule has 0 spiro atoms. The summed E-state index contributed by atoms with van der Waals surface area (Å²) in [4.78, 5) is 40.7. The lowest BCUT2D eigenvalue weighted by atomic mass is 9.79. The van der Waals surface area contributed by atoms with Gasteiger partial charge in [0, 0.05) is 64.3 Å². The monoisotopic (exact) mass is 2040 g/mol. The standard InChI is InChI=1S/C28H27F3N4O3.C18H19BF2O3.C17H22FN3O2.C12H9BF2O3.C12H7BrF2O.C6H6BBrO2.C6H4F2O/c1-28(2,3)38-27(36)34-13-5-6-17(16-34)25-24-22(31)14-32-15-23(24)35(33-25)18-9-11-19(12-10-18)37-26-20(29)7-4-8-21(26)30;1-17(2)18(3,4)24-19(23-17)12-8-10-13(11-9-12)22-16-14(20)6-5-7-15(16)21;1-17(2,3)23-16(22)21-6-4-5-11(10-21)15-14-12(8-20-15)7-19-9-13(14)18;14-10-2-1-3-11(15)12(10)18-9-6-4-8(5-7-9)13(16)17;13-8-4-6-9(7-5-8)16-12-10(14)2-1-3-11(12)15;8-6-3-1-5(2-4-6)7(9)10;7-4-2-1-3-5(8)6(4)9/h4,7-12,14-15,17H,5-6,13,16H2,1-3H3;5-11H,1-4H3;7,9,11H,4-6,8,10H2,1-3H3;1-7,16-17H;1-7H;1-4,9-10H;1-3,9H. The molecule has 2 unspecified atom stereocenters. The zero-order chi connectivity index (χ0) is 100. The molecule has 4 aliphatic rings. The Hall–Kier alpha value is -12.7. The number of ether oxygens (including phenoxy) is 6. The molecule has 5 N–H and O–H groups in total. The zero-order valence-corrected chi connectivity index (χ0v) is 79.2. The van der Waals surface area contributed by atoms with Gasteiger partial charge in [-0.25, -0.2) is 67.0 Å². The van der Waals surface area contributed by atoms with Gasteiger partial charge in [-0.2, -0.15) is 5.10 Å². The van der Waals surface area contributed by atoms with Crippen molar-refractivity contribution < 1.29 is 125 Å². The minimum absolute atomic E-state index is 0.0504. The van der Waals surface area contributed by atoms with Crippen molar-refractivity contribution in [2.24, 2.45) is 10.9 Å². The number of amides is 2. The number of likely N-dealkylation sites (tertiary alicyclic amines) is 2. The fourth-order valence-corrected chi connectivity index (χ4v) is 14.4. The number of hydrogen-bond donors (Lipinski definition) is 5. The number of piperidine rings is 2. The first-order chi connectivity index (χ1) is 65.3. The molecule has 3 aromatic heterocycles. The average Bonchev–Trinajstić information content (AvgIpc) is 1.61. The number of carbonyl (C=O) groups is 2. The fourth-order valence-electron chi connectivity index (χ4n) is 13.8. The molecule has 39 heteroatoms. The van der Waals surface area contributed by atoms with Crippen LogP contribution in [0.25, 0.3) is 16.6 Å². The van der Waals surface area contributed by atoms with Crippen molar-refractivity contribution in [3.05, 3.63) is 333 Å². The molecule has 0 radical (unpaired) electrons. The van der Waals surface area contributed by atoms with Crippen molar-refractivity contribution in [2.75, 3.05) is 26.2 Å². The van der Waals surface area contributed by atoms with Crippen molar-refractivity contribution >= 4 is 98.4 Å². The van der Waals surface area contributed by atoms with Gasteiger partial charge in [-0.05, 0) is 257 Å². The summed E-state index contributed by atoms with van der Waals surface area (Å²) in [5.41, 5.74) is 3.34. The minimum atomic E-state index is -1.59. The Morgan fingerprint density at radius 3 is 1.17 bits per heavy atom. The van der Waals surface area contributed by atoms with Crippen LogP contribution in [0.2, 0.25) is 0 Å². The third-order valence-electron chi connectivity index (χ3n) is 21.3. The van der Waals surface area contributed by atoms with Crippen LogP contribution in [0.5, 0.6) is 51.7 Å². The van der Waals surface area contributed by atoms with Gasteiger partial charge in [-0.15, -0.1) is 0 Å². The van der Waals surface area contributed by atoms with Gasteiger partial charge in [-0.1, -0.05) is 98.6 Å². The summed E-state index contributed by atoms with van der Waals surface area (Å²) in [5, 5.41) is 48.6. The molecular formula is C99H94B3Br2F12N7O15. The maximum absolute atomic E-state index is 15.1. The van der Waals surface area contributed by atoms with E-state index in [1.54, 1.807) is 118 Å². The second kappa shape index (κ2) is 47.1. The first-order valence-electron chi connectivity index (χ1n) is 43.0. The van der Waals surface area contributed by atoms with Crippen LogP contribution in [0.15, 0.2) is 251 Å².